The van der Waals surface area contributed by atoms with Gasteiger partial charge in [-0.1, -0.05) is 31.9 Å². The standard InChI is InChI=1S/C14H27NO/c1-4-16-14(11(2)3)13(15)12-9-7-5-6-8-10-12/h9,11,13-14H,4-8,10,15H2,1-3H3. The monoisotopic (exact) mass is 225 g/mol. The molecule has 1 aliphatic rings. The largest absolute Gasteiger partial charge is 0.376 e. The van der Waals surface area contributed by atoms with Crippen LogP contribution in [-0.4, -0.2) is 18.8 Å². The predicted molar refractivity (Wildman–Crippen MR) is 69.4 cm³/mol. The van der Waals surface area contributed by atoms with Crippen molar-refractivity contribution in [2.75, 3.05) is 6.61 Å². The molecule has 2 nitrogen and oxygen atoms in total. The van der Waals surface area contributed by atoms with Crippen LogP contribution in [0.15, 0.2) is 11.6 Å². The first kappa shape index (κ1) is 13.7. The molecular weight excluding hydrogens is 198 g/mol. The lowest BCUT2D eigenvalue weighted by atomic mass is 9.91. The van der Waals surface area contributed by atoms with Gasteiger partial charge in [0, 0.05) is 6.61 Å². The molecule has 2 N–H and O–H groups in total. The molecule has 0 radical (unpaired) electrons. The Kier molecular flexibility index (Phi) is 6.07. The number of allylic oxidation sites excluding steroid dienone is 1. The summed E-state index contributed by atoms with van der Waals surface area (Å²) in [6.45, 7) is 7.18. The smallest absolute Gasteiger partial charge is 0.0787 e. The Bertz CT molecular complexity index is 223. The summed E-state index contributed by atoms with van der Waals surface area (Å²) in [5.41, 5.74) is 7.78. The van der Waals surface area contributed by atoms with Crippen molar-refractivity contribution in [2.45, 2.75) is 65.0 Å². The van der Waals surface area contributed by atoms with Crippen molar-refractivity contribution in [3.63, 3.8) is 0 Å². The third kappa shape index (κ3) is 3.91. The van der Waals surface area contributed by atoms with Crippen molar-refractivity contribution >= 4 is 0 Å². The van der Waals surface area contributed by atoms with Gasteiger partial charge < -0.3 is 10.5 Å². The van der Waals surface area contributed by atoms with Crippen LogP contribution in [-0.2, 0) is 4.74 Å². The molecule has 2 heteroatoms. The summed E-state index contributed by atoms with van der Waals surface area (Å²) in [6, 6.07) is 0.0954. The van der Waals surface area contributed by atoms with Crippen LogP contribution in [0.1, 0.15) is 52.9 Å². The molecule has 0 aromatic rings. The summed E-state index contributed by atoms with van der Waals surface area (Å²) in [5, 5.41) is 0. The number of hydrogen-bond donors (Lipinski definition) is 1. The van der Waals surface area contributed by atoms with Crippen LogP contribution < -0.4 is 5.73 Å². The van der Waals surface area contributed by atoms with Gasteiger partial charge in [-0.2, -0.15) is 0 Å². The van der Waals surface area contributed by atoms with E-state index in [1.165, 1.54) is 31.3 Å². The zero-order valence-corrected chi connectivity index (χ0v) is 11.0. The van der Waals surface area contributed by atoms with E-state index >= 15 is 0 Å². The Morgan fingerprint density at radius 3 is 2.69 bits per heavy atom. The zero-order valence-electron chi connectivity index (χ0n) is 11.0. The van der Waals surface area contributed by atoms with E-state index in [0.29, 0.717) is 5.92 Å². The molecule has 0 fully saturated rings. The van der Waals surface area contributed by atoms with Gasteiger partial charge in [-0.3, -0.25) is 0 Å². The molecular formula is C14H27NO. The number of rotatable bonds is 5. The molecule has 2 atom stereocenters. The Hall–Kier alpha value is -0.340. The van der Waals surface area contributed by atoms with Gasteiger partial charge in [0.05, 0.1) is 12.1 Å². The van der Waals surface area contributed by atoms with E-state index in [1.807, 2.05) is 6.92 Å². The fraction of sp³-hybridized carbons (Fsp3) is 0.857. The van der Waals surface area contributed by atoms with Crippen molar-refractivity contribution in [1.29, 1.82) is 0 Å². The summed E-state index contributed by atoms with van der Waals surface area (Å²) in [5.74, 6) is 0.485. The van der Waals surface area contributed by atoms with Gasteiger partial charge in [-0.25, -0.2) is 0 Å². The average molecular weight is 225 g/mol. The lowest BCUT2D eigenvalue weighted by Gasteiger charge is -2.29. The summed E-state index contributed by atoms with van der Waals surface area (Å²) in [7, 11) is 0. The van der Waals surface area contributed by atoms with E-state index < -0.39 is 0 Å². The summed E-state index contributed by atoms with van der Waals surface area (Å²) < 4.78 is 5.79. The normalized spacial score (nSPS) is 21.4. The van der Waals surface area contributed by atoms with Crippen molar-refractivity contribution < 1.29 is 4.74 Å². The maximum Gasteiger partial charge on any atom is 0.0787 e. The fourth-order valence-electron chi connectivity index (χ4n) is 2.46. The van der Waals surface area contributed by atoms with Gasteiger partial charge in [-0.15, -0.1) is 0 Å². The van der Waals surface area contributed by atoms with E-state index in [4.69, 9.17) is 10.5 Å². The van der Waals surface area contributed by atoms with Crippen LogP contribution in [0.25, 0.3) is 0 Å². The third-order valence-electron chi connectivity index (χ3n) is 3.37. The highest BCUT2D eigenvalue weighted by Crippen LogP contribution is 2.23. The Morgan fingerprint density at radius 2 is 2.06 bits per heavy atom. The number of ether oxygens (including phenoxy) is 1. The Balaban J connectivity index is 2.64. The molecule has 16 heavy (non-hydrogen) atoms. The second-order valence-corrected chi connectivity index (χ2v) is 5.07. The quantitative estimate of drug-likeness (QED) is 0.729. The second-order valence-electron chi connectivity index (χ2n) is 5.07. The van der Waals surface area contributed by atoms with Gasteiger partial charge in [0.2, 0.25) is 0 Å². The van der Waals surface area contributed by atoms with E-state index in [1.54, 1.807) is 0 Å². The van der Waals surface area contributed by atoms with Crippen LogP contribution in [0.2, 0.25) is 0 Å². The maximum absolute atomic E-state index is 6.36. The van der Waals surface area contributed by atoms with Crippen molar-refractivity contribution in [3.8, 4) is 0 Å². The van der Waals surface area contributed by atoms with Crippen molar-refractivity contribution in [3.05, 3.63) is 11.6 Å². The van der Waals surface area contributed by atoms with Crippen LogP contribution in [0.5, 0.6) is 0 Å². The molecule has 94 valence electrons. The third-order valence-corrected chi connectivity index (χ3v) is 3.37. The summed E-state index contributed by atoms with van der Waals surface area (Å²) >= 11 is 0. The minimum atomic E-state index is 0.0954. The first-order valence-electron chi connectivity index (χ1n) is 6.73. The minimum Gasteiger partial charge on any atom is -0.376 e. The van der Waals surface area contributed by atoms with E-state index in [-0.39, 0.29) is 12.1 Å². The second kappa shape index (κ2) is 7.08. The molecule has 0 saturated heterocycles. The molecule has 0 bridgehead atoms. The van der Waals surface area contributed by atoms with E-state index in [0.717, 1.165) is 13.0 Å². The van der Waals surface area contributed by atoms with Crippen LogP contribution in [0.3, 0.4) is 0 Å². The van der Waals surface area contributed by atoms with E-state index in [2.05, 4.69) is 19.9 Å². The fourth-order valence-corrected chi connectivity index (χ4v) is 2.46. The lowest BCUT2D eigenvalue weighted by molar-refractivity contribution is 0.0195. The number of hydrogen-bond acceptors (Lipinski definition) is 2. The molecule has 1 aliphatic carbocycles. The predicted octanol–water partition coefficient (Wildman–Crippen LogP) is 3.27. The van der Waals surface area contributed by atoms with Gasteiger partial charge in [0.15, 0.2) is 0 Å². The minimum absolute atomic E-state index is 0.0954. The van der Waals surface area contributed by atoms with Crippen LogP contribution in [0, 0.1) is 5.92 Å². The molecule has 0 heterocycles. The molecule has 0 aromatic carbocycles. The van der Waals surface area contributed by atoms with Crippen molar-refractivity contribution in [1.82, 2.24) is 0 Å². The molecule has 0 aliphatic heterocycles. The topological polar surface area (TPSA) is 35.2 Å². The van der Waals surface area contributed by atoms with Crippen LogP contribution in [0.4, 0.5) is 0 Å². The van der Waals surface area contributed by atoms with Gasteiger partial charge >= 0.3 is 0 Å². The Morgan fingerprint density at radius 1 is 1.31 bits per heavy atom. The molecule has 0 saturated carbocycles. The first-order chi connectivity index (χ1) is 7.66. The van der Waals surface area contributed by atoms with Gasteiger partial charge in [0.1, 0.15) is 0 Å². The van der Waals surface area contributed by atoms with E-state index in [9.17, 15) is 0 Å². The SMILES string of the molecule is CCOC(C(C)C)C(N)C1=CCCCCC1. The summed E-state index contributed by atoms with van der Waals surface area (Å²) in [6.07, 6.45) is 8.83. The maximum atomic E-state index is 6.36. The lowest BCUT2D eigenvalue weighted by Crippen LogP contribution is -2.41. The average Bonchev–Trinajstić information content (AvgIpc) is 2.53. The van der Waals surface area contributed by atoms with Gasteiger partial charge in [0.25, 0.3) is 0 Å². The van der Waals surface area contributed by atoms with Gasteiger partial charge in [-0.05, 0) is 38.5 Å². The zero-order chi connectivity index (χ0) is 12.0. The molecule has 1 rings (SSSR count). The highest BCUT2D eigenvalue weighted by atomic mass is 16.5. The highest BCUT2D eigenvalue weighted by Gasteiger charge is 2.24. The number of nitrogens with two attached hydrogens (primary N) is 1. The van der Waals surface area contributed by atoms with Crippen LogP contribution >= 0.6 is 0 Å². The highest BCUT2D eigenvalue weighted by molar-refractivity contribution is 5.14. The first-order valence-corrected chi connectivity index (χ1v) is 6.73. The Labute approximate surface area is 100 Å². The molecule has 0 spiro atoms. The molecule has 0 amide bonds. The molecule has 0 aromatic heterocycles. The molecule has 2 unspecified atom stereocenters. The van der Waals surface area contributed by atoms with Crippen molar-refractivity contribution in [2.24, 2.45) is 11.7 Å². The summed E-state index contributed by atoms with van der Waals surface area (Å²) in [4.78, 5) is 0.